The normalized spacial score (nSPS) is 23.8. The number of H-pyrrole nitrogens is 1. The third-order valence-electron chi connectivity index (χ3n) is 6.72. The molecule has 3 heterocycles. The molecule has 9 heteroatoms. The Hall–Kier alpha value is -2.80. The molecule has 0 saturated heterocycles. The maximum Gasteiger partial charge on any atom is 0.261 e. The van der Waals surface area contributed by atoms with Crippen molar-refractivity contribution in [1.29, 1.82) is 5.26 Å². The molecule has 0 amide bonds. The summed E-state index contributed by atoms with van der Waals surface area (Å²) in [5.74, 6) is 0.849. The Balaban J connectivity index is 1.58. The lowest BCUT2D eigenvalue weighted by atomic mass is 9.98. The van der Waals surface area contributed by atoms with Crippen LogP contribution in [0.3, 0.4) is 0 Å². The molecule has 0 bridgehead atoms. The van der Waals surface area contributed by atoms with E-state index in [9.17, 15) is 19.2 Å². The summed E-state index contributed by atoms with van der Waals surface area (Å²) in [5, 5.41) is 17.5. The number of pyridine rings is 1. The van der Waals surface area contributed by atoms with E-state index in [4.69, 9.17) is 5.10 Å². The van der Waals surface area contributed by atoms with Gasteiger partial charge in [-0.1, -0.05) is 6.92 Å². The van der Waals surface area contributed by atoms with Crippen molar-refractivity contribution in [3.05, 3.63) is 46.4 Å². The number of fused-ring (bicyclic) bond motifs is 2. The number of aromatic amines is 1. The lowest BCUT2D eigenvalue weighted by Gasteiger charge is -2.33. The number of hydrogen-bond acceptors (Lipinski definition) is 6. The topological polar surface area (TPSA) is 127 Å². The van der Waals surface area contributed by atoms with Gasteiger partial charge in [0.25, 0.3) is 5.56 Å². The van der Waals surface area contributed by atoms with Crippen LogP contribution in [0.25, 0.3) is 10.9 Å². The fourth-order valence-electron chi connectivity index (χ4n) is 4.60. The molecule has 31 heavy (non-hydrogen) atoms. The zero-order valence-electron chi connectivity index (χ0n) is 17.4. The highest BCUT2D eigenvalue weighted by Crippen LogP contribution is 2.64. The van der Waals surface area contributed by atoms with Crippen molar-refractivity contribution in [3.8, 4) is 6.07 Å². The van der Waals surface area contributed by atoms with E-state index in [0.717, 1.165) is 24.1 Å². The number of benzene rings is 1. The molecule has 5 rings (SSSR count). The van der Waals surface area contributed by atoms with Crippen LogP contribution in [-0.2, 0) is 0 Å². The van der Waals surface area contributed by atoms with Crippen LogP contribution >= 0.6 is 10.6 Å². The molecule has 2 aromatic heterocycles. The molecule has 162 valence electrons. The second-order valence-corrected chi connectivity index (χ2v) is 11.0. The number of nitrogens with zero attached hydrogens (tertiary/aromatic N) is 3. The summed E-state index contributed by atoms with van der Waals surface area (Å²) < 4.78 is 22.9. The van der Waals surface area contributed by atoms with E-state index in [0.29, 0.717) is 34.0 Å². The lowest BCUT2D eigenvalue weighted by Crippen LogP contribution is -2.13. The fourth-order valence-corrected chi connectivity index (χ4v) is 6.57. The predicted molar refractivity (Wildman–Crippen MR) is 121 cm³/mol. The van der Waals surface area contributed by atoms with Gasteiger partial charge in [-0.3, -0.25) is 18.6 Å². The van der Waals surface area contributed by atoms with Gasteiger partial charge in [0.05, 0.1) is 34.2 Å². The quantitative estimate of drug-likeness (QED) is 0.445. The third-order valence-corrected chi connectivity index (χ3v) is 9.18. The summed E-state index contributed by atoms with van der Waals surface area (Å²) >= 11 is 0. The molecule has 1 saturated carbocycles. The molecule has 1 aliphatic carbocycles. The van der Waals surface area contributed by atoms with E-state index in [1.165, 1.54) is 0 Å². The molecule has 1 aliphatic heterocycles. The van der Waals surface area contributed by atoms with Gasteiger partial charge in [-0.25, -0.2) is 0 Å². The Kier molecular flexibility index (Phi) is 4.62. The van der Waals surface area contributed by atoms with Gasteiger partial charge >= 0.3 is 0 Å². The molecule has 8 nitrogen and oxygen atoms in total. The summed E-state index contributed by atoms with van der Waals surface area (Å²) in [4.78, 5) is 16.0. The van der Waals surface area contributed by atoms with Gasteiger partial charge in [-0.05, 0) is 55.5 Å². The largest absolute Gasteiger partial charge is 0.338 e. The van der Waals surface area contributed by atoms with Crippen molar-refractivity contribution >= 4 is 33.0 Å². The number of rotatable bonds is 5. The van der Waals surface area contributed by atoms with Gasteiger partial charge in [-0.15, -0.1) is 0 Å². The van der Waals surface area contributed by atoms with Gasteiger partial charge in [0, 0.05) is 17.8 Å². The zero-order chi connectivity index (χ0) is 21.9. The molecule has 0 unspecified atom stereocenters. The summed E-state index contributed by atoms with van der Waals surface area (Å²) in [6.45, 7) is 3.85. The van der Waals surface area contributed by atoms with Crippen LogP contribution in [0.5, 0.6) is 0 Å². The van der Waals surface area contributed by atoms with Crippen LogP contribution in [0.1, 0.15) is 50.6 Å². The number of nitrogens with one attached hydrogen (secondary N) is 2. The highest BCUT2D eigenvalue weighted by molar-refractivity contribution is 8.25. The number of aromatic nitrogens is 3. The SMILES string of the molecule is C[C@H]1c2cc(Nc3nn([C@@H](CC#N)C4CC4)c4cc[nH]c(=O)c34)ccc2S(O)(O)[C@H]1C. The summed E-state index contributed by atoms with van der Waals surface area (Å²) in [7, 11) is -2.81. The van der Waals surface area contributed by atoms with Crippen LogP contribution in [0, 0.1) is 17.2 Å². The minimum absolute atomic E-state index is 0.00864. The van der Waals surface area contributed by atoms with E-state index < -0.39 is 10.6 Å². The minimum atomic E-state index is -2.81. The van der Waals surface area contributed by atoms with Crippen molar-refractivity contribution in [2.24, 2.45) is 5.92 Å². The highest BCUT2D eigenvalue weighted by atomic mass is 32.3. The van der Waals surface area contributed by atoms with Gasteiger partial charge in [0.2, 0.25) is 0 Å². The molecule has 0 spiro atoms. The first kappa shape index (κ1) is 20.1. The lowest BCUT2D eigenvalue weighted by molar-refractivity contribution is 0.426. The first-order valence-corrected chi connectivity index (χ1v) is 12.1. The Bertz CT molecular complexity index is 1270. The monoisotopic (exact) mass is 439 g/mol. The van der Waals surface area contributed by atoms with Crippen molar-refractivity contribution in [1.82, 2.24) is 14.8 Å². The Morgan fingerprint density at radius 2 is 2.13 bits per heavy atom. The second kappa shape index (κ2) is 7.12. The molecular formula is C22H25N5O3S. The average Bonchev–Trinajstić information content (AvgIpc) is 3.50. The zero-order valence-corrected chi connectivity index (χ0v) is 18.2. The van der Waals surface area contributed by atoms with Crippen molar-refractivity contribution in [2.75, 3.05) is 5.32 Å². The smallest absolute Gasteiger partial charge is 0.261 e. The summed E-state index contributed by atoms with van der Waals surface area (Å²) in [6, 6.07) is 9.47. The predicted octanol–water partition coefficient (Wildman–Crippen LogP) is 4.95. The van der Waals surface area contributed by atoms with E-state index in [1.807, 2.05) is 30.7 Å². The maximum atomic E-state index is 12.7. The molecule has 3 atom stereocenters. The molecule has 4 N–H and O–H groups in total. The molecule has 1 aromatic carbocycles. The van der Waals surface area contributed by atoms with Crippen molar-refractivity contribution < 1.29 is 9.11 Å². The van der Waals surface area contributed by atoms with Crippen molar-refractivity contribution in [2.45, 2.75) is 55.2 Å². The van der Waals surface area contributed by atoms with E-state index in [1.54, 1.807) is 18.3 Å². The Morgan fingerprint density at radius 1 is 1.35 bits per heavy atom. The summed E-state index contributed by atoms with van der Waals surface area (Å²) in [6.07, 6.45) is 4.08. The Morgan fingerprint density at radius 3 is 2.84 bits per heavy atom. The third kappa shape index (κ3) is 3.14. The van der Waals surface area contributed by atoms with Crippen molar-refractivity contribution in [3.63, 3.8) is 0 Å². The molecule has 3 aromatic rings. The number of hydrogen-bond donors (Lipinski definition) is 4. The van der Waals surface area contributed by atoms with Crippen LogP contribution in [0.4, 0.5) is 11.5 Å². The van der Waals surface area contributed by atoms with Crippen LogP contribution in [0.15, 0.2) is 40.2 Å². The van der Waals surface area contributed by atoms with Crippen LogP contribution < -0.4 is 10.9 Å². The van der Waals surface area contributed by atoms with E-state index >= 15 is 0 Å². The van der Waals surface area contributed by atoms with Gasteiger partial charge in [0.1, 0.15) is 5.39 Å². The highest BCUT2D eigenvalue weighted by Gasteiger charge is 2.40. The first-order valence-electron chi connectivity index (χ1n) is 10.5. The standard InChI is InChI=1S/C22H25N5O3S/c1-12-13(2)31(29,30)19-6-5-15(11-16(12)19)25-21-20-18(8-10-24-22(20)28)27(26-21)17(7-9-23)14-3-4-14/h5-6,8,10-14,17,29-30H,3-4,7H2,1-2H3,(H,24,28)(H,25,26)/t12-,13+,17+/m1/s1. The maximum absolute atomic E-state index is 12.7. The van der Waals surface area contributed by atoms with Gasteiger partial charge in [0.15, 0.2) is 5.82 Å². The van der Waals surface area contributed by atoms with Gasteiger partial charge in [-0.2, -0.15) is 21.0 Å². The molecule has 2 aliphatic rings. The average molecular weight is 440 g/mol. The Labute approximate surface area is 181 Å². The van der Waals surface area contributed by atoms with Gasteiger partial charge < -0.3 is 10.3 Å². The number of nitriles is 1. The molecular weight excluding hydrogens is 414 g/mol. The first-order chi connectivity index (χ1) is 14.8. The molecule has 1 fully saturated rings. The number of anilines is 2. The van der Waals surface area contributed by atoms with E-state index in [-0.39, 0.29) is 22.8 Å². The van der Waals surface area contributed by atoms with E-state index in [2.05, 4.69) is 16.4 Å². The summed E-state index contributed by atoms with van der Waals surface area (Å²) in [5.41, 5.74) is 2.09. The fraction of sp³-hybridized carbons (Fsp3) is 0.409. The molecule has 0 radical (unpaired) electrons. The minimum Gasteiger partial charge on any atom is -0.338 e. The van der Waals surface area contributed by atoms with Crippen LogP contribution in [-0.4, -0.2) is 29.1 Å². The second-order valence-electron chi connectivity index (χ2n) is 8.59. The van der Waals surface area contributed by atoms with Crippen LogP contribution in [0.2, 0.25) is 0 Å².